The standard InChI is InChI=1S/C46H48ClFN4O5/c1-30-36(5-3-8-43(30)55-19-4-16-52-17-12-35(48)13-18-52)37-6-2-7-39-38(37)9-10-44(39)57-46-25-45(56-28-33-22-31(26-49)21-32(23-33)27-50)34(24-40(46)47)11-15-51-41-14-20-54-29-42(41)53/h2-3,5-8,15,21-25,35,41-42,44,53H,4,9-14,16-20,28-29H2,1H3/t41-,42+,44-/m0/s1. The summed E-state index contributed by atoms with van der Waals surface area (Å²) in [5.74, 6) is 1.90. The third-order valence-electron chi connectivity index (χ3n) is 11.1. The fourth-order valence-electron chi connectivity index (χ4n) is 8.00. The maximum absolute atomic E-state index is 13.5. The minimum atomic E-state index is -0.663. The van der Waals surface area contributed by atoms with Crippen LogP contribution < -0.4 is 14.2 Å². The fraction of sp³-hybridized carbons (Fsp3) is 0.413. The van der Waals surface area contributed by atoms with Crippen LogP contribution in [-0.4, -0.2) is 74.0 Å². The second kappa shape index (κ2) is 19.0. The predicted molar refractivity (Wildman–Crippen MR) is 218 cm³/mol. The molecule has 57 heavy (non-hydrogen) atoms. The number of halogens is 2. The van der Waals surface area contributed by atoms with Gasteiger partial charge in [0, 0.05) is 50.5 Å². The lowest BCUT2D eigenvalue weighted by Gasteiger charge is -2.28. The van der Waals surface area contributed by atoms with E-state index >= 15 is 0 Å². The molecule has 0 amide bonds. The molecule has 0 saturated carbocycles. The van der Waals surface area contributed by atoms with Gasteiger partial charge in [-0.1, -0.05) is 41.9 Å². The van der Waals surface area contributed by atoms with E-state index < -0.39 is 12.3 Å². The molecule has 0 radical (unpaired) electrons. The molecule has 2 fully saturated rings. The highest BCUT2D eigenvalue weighted by molar-refractivity contribution is 6.32. The first-order valence-electron chi connectivity index (χ1n) is 19.8. The van der Waals surface area contributed by atoms with Gasteiger partial charge in [0.15, 0.2) is 0 Å². The molecule has 11 heteroatoms. The van der Waals surface area contributed by atoms with E-state index in [0.29, 0.717) is 72.1 Å². The Kier molecular flexibility index (Phi) is 13.4. The first-order valence-corrected chi connectivity index (χ1v) is 20.2. The van der Waals surface area contributed by atoms with Crippen LogP contribution in [0.3, 0.4) is 0 Å². The summed E-state index contributed by atoms with van der Waals surface area (Å²) >= 11 is 6.94. The third kappa shape index (κ3) is 9.95. The van der Waals surface area contributed by atoms with Crippen molar-refractivity contribution in [1.82, 2.24) is 4.90 Å². The summed E-state index contributed by atoms with van der Waals surface area (Å²) in [4.78, 5) is 6.95. The minimum absolute atomic E-state index is 0.116. The summed E-state index contributed by atoms with van der Waals surface area (Å²) in [6, 6.07) is 25.2. The molecule has 0 unspecified atom stereocenters. The number of aliphatic hydroxyl groups excluding tert-OH is 1. The van der Waals surface area contributed by atoms with Crippen molar-refractivity contribution in [2.24, 2.45) is 4.99 Å². The molecular formula is C46H48ClFN4O5. The highest BCUT2D eigenvalue weighted by Crippen LogP contribution is 2.44. The molecule has 2 aliphatic heterocycles. The van der Waals surface area contributed by atoms with Crippen molar-refractivity contribution in [1.29, 1.82) is 10.5 Å². The number of nitrogens with zero attached hydrogens (tertiary/aromatic N) is 4. The quantitative estimate of drug-likeness (QED) is 0.0996. The Morgan fingerprint density at radius 2 is 1.72 bits per heavy atom. The summed E-state index contributed by atoms with van der Waals surface area (Å²) in [6.07, 6.45) is 5.00. The third-order valence-corrected chi connectivity index (χ3v) is 11.4. The molecule has 0 bridgehead atoms. The summed E-state index contributed by atoms with van der Waals surface area (Å²) in [5, 5.41) is 29.8. The van der Waals surface area contributed by atoms with Crippen molar-refractivity contribution >= 4 is 17.8 Å². The number of rotatable bonds is 14. The van der Waals surface area contributed by atoms with Crippen molar-refractivity contribution in [2.45, 2.75) is 82.9 Å². The largest absolute Gasteiger partial charge is 0.493 e. The molecule has 3 aliphatic rings. The zero-order valence-electron chi connectivity index (χ0n) is 32.3. The van der Waals surface area contributed by atoms with Gasteiger partial charge in [-0.25, -0.2) is 4.39 Å². The van der Waals surface area contributed by atoms with Crippen LogP contribution in [0.15, 0.2) is 71.7 Å². The lowest BCUT2D eigenvalue weighted by atomic mass is 9.93. The Labute approximate surface area is 339 Å². The van der Waals surface area contributed by atoms with Crippen LogP contribution in [-0.2, 0) is 24.2 Å². The predicted octanol–water partition coefficient (Wildman–Crippen LogP) is 8.67. The minimum Gasteiger partial charge on any atom is -0.493 e. The van der Waals surface area contributed by atoms with Crippen LogP contribution in [0.5, 0.6) is 17.2 Å². The van der Waals surface area contributed by atoms with E-state index in [4.69, 9.17) is 30.5 Å². The van der Waals surface area contributed by atoms with Crippen molar-refractivity contribution in [2.75, 3.05) is 39.5 Å². The first kappa shape index (κ1) is 40.2. The second-order valence-corrected chi connectivity index (χ2v) is 15.4. The van der Waals surface area contributed by atoms with Gasteiger partial charge in [0.05, 0.1) is 53.6 Å². The zero-order chi connectivity index (χ0) is 39.7. The molecular weight excluding hydrogens is 743 g/mol. The molecule has 0 spiro atoms. The highest BCUT2D eigenvalue weighted by atomic mass is 35.5. The van der Waals surface area contributed by atoms with Crippen LogP contribution in [0, 0.1) is 29.6 Å². The molecule has 3 atom stereocenters. The van der Waals surface area contributed by atoms with Crippen LogP contribution in [0.25, 0.3) is 11.1 Å². The van der Waals surface area contributed by atoms with Gasteiger partial charge >= 0.3 is 0 Å². The second-order valence-electron chi connectivity index (χ2n) is 15.0. The maximum Gasteiger partial charge on any atom is 0.142 e. The smallest absolute Gasteiger partial charge is 0.142 e. The SMILES string of the molecule is Cc1c(OCCCN2CCC(F)CC2)cccc1-c1cccc2c1CC[C@@H]2Oc1cc(OCc2cc(C#N)cc(C#N)c2)c(CC=N[C@H]2CCOC[C@H]2O)cc1Cl. The summed E-state index contributed by atoms with van der Waals surface area (Å²) in [6.45, 7) is 6.18. The Hall–Kier alpha value is -4.97. The molecule has 7 rings (SSSR count). The molecule has 1 aliphatic carbocycles. The number of benzene rings is 4. The van der Waals surface area contributed by atoms with E-state index in [9.17, 15) is 20.0 Å². The molecule has 0 aromatic heterocycles. The number of hydrogen-bond donors (Lipinski definition) is 1. The number of piperidine rings is 1. The van der Waals surface area contributed by atoms with E-state index in [2.05, 4.69) is 53.2 Å². The van der Waals surface area contributed by atoms with Gasteiger partial charge in [-0.15, -0.1) is 0 Å². The Bertz CT molecular complexity index is 2130. The van der Waals surface area contributed by atoms with Crippen molar-refractivity contribution in [3.8, 4) is 40.5 Å². The number of fused-ring (bicyclic) bond motifs is 1. The number of likely N-dealkylation sites (tertiary alicyclic amines) is 1. The van der Waals surface area contributed by atoms with Crippen LogP contribution in [0.1, 0.15) is 77.2 Å². The maximum atomic E-state index is 13.5. The molecule has 2 saturated heterocycles. The highest BCUT2D eigenvalue weighted by Gasteiger charge is 2.29. The van der Waals surface area contributed by atoms with Gasteiger partial charge in [0.1, 0.15) is 36.1 Å². The van der Waals surface area contributed by atoms with Crippen LogP contribution >= 0.6 is 11.6 Å². The number of hydrogen-bond acceptors (Lipinski definition) is 9. The van der Waals surface area contributed by atoms with Gasteiger partial charge in [-0.2, -0.15) is 10.5 Å². The Balaban J connectivity index is 1.08. The van der Waals surface area contributed by atoms with Gasteiger partial charge in [0.2, 0.25) is 0 Å². The van der Waals surface area contributed by atoms with E-state index in [1.807, 2.05) is 24.3 Å². The summed E-state index contributed by atoms with van der Waals surface area (Å²) in [7, 11) is 0. The fourth-order valence-corrected chi connectivity index (χ4v) is 8.23. The van der Waals surface area contributed by atoms with Gasteiger partial charge in [-0.3, -0.25) is 4.99 Å². The van der Waals surface area contributed by atoms with Crippen molar-refractivity contribution < 1.29 is 28.4 Å². The molecule has 2 heterocycles. The number of ether oxygens (including phenoxy) is 4. The number of nitriles is 2. The van der Waals surface area contributed by atoms with E-state index in [1.165, 1.54) is 5.56 Å². The van der Waals surface area contributed by atoms with Gasteiger partial charge < -0.3 is 29.0 Å². The monoisotopic (exact) mass is 790 g/mol. The summed E-state index contributed by atoms with van der Waals surface area (Å²) < 4.78 is 38.3. The normalized spacial score (nSPS) is 19.9. The van der Waals surface area contributed by atoms with Gasteiger partial charge in [-0.05, 0) is 109 Å². The van der Waals surface area contributed by atoms with Crippen molar-refractivity contribution in [3.63, 3.8) is 0 Å². The topological polar surface area (TPSA) is 120 Å². The molecule has 9 nitrogen and oxygen atoms in total. The molecule has 4 aromatic carbocycles. The lowest BCUT2D eigenvalue weighted by Crippen LogP contribution is -2.35. The number of aliphatic imine (C=N–C) groups is 1. The van der Waals surface area contributed by atoms with Crippen LogP contribution in [0.4, 0.5) is 4.39 Å². The zero-order valence-corrected chi connectivity index (χ0v) is 33.0. The molecule has 1 N–H and O–H groups in total. The van der Waals surface area contributed by atoms with E-state index in [0.717, 1.165) is 72.5 Å². The average molecular weight is 791 g/mol. The van der Waals surface area contributed by atoms with Crippen molar-refractivity contribution in [3.05, 3.63) is 111 Å². The Morgan fingerprint density at radius 3 is 2.49 bits per heavy atom. The molecule has 296 valence electrons. The van der Waals surface area contributed by atoms with Crippen LogP contribution in [0.2, 0.25) is 5.02 Å². The lowest BCUT2D eigenvalue weighted by molar-refractivity contribution is -0.0175. The Morgan fingerprint density at radius 1 is 0.947 bits per heavy atom. The number of aliphatic hydroxyl groups is 1. The van der Waals surface area contributed by atoms with Gasteiger partial charge in [0.25, 0.3) is 0 Å². The number of alkyl halides is 1. The summed E-state index contributed by atoms with van der Waals surface area (Å²) in [5.41, 5.74) is 7.95. The molecule has 4 aromatic rings. The van der Waals surface area contributed by atoms with E-state index in [-0.39, 0.29) is 25.4 Å². The van der Waals surface area contributed by atoms with E-state index in [1.54, 1.807) is 24.4 Å². The first-order chi connectivity index (χ1) is 27.8. The average Bonchev–Trinajstić information content (AvgIpc) is 3.64.